The summed E-state index contributed by atoms with van der Waals surface area (Å²) in [6.07, 6.45) is 0. The van der Waals surface area contributed by atoms with Crippen molar-refractivity contribution in [3.8, 4) is 0 Å². The second-order valence-corrected chi connectivity index (χ2v) is 4.70. The third kappa shape index (κ3) is 4.34. The number of aliphatic carboxylic acids is 1. The van der Waals surface area contributed by atoms with E-state index in [1.54, 1.807) is 17.5 Å². The summed E-state index contributed by atoms with van der Waals surface area (Å²) >= 11 is 1.23. The van der Waals surface area contributed by atoms with Crippen LogP contribution in [0, 0.1) is 0 Å². The molecule has 1 aromatic heterocycles. The first-order valence-corrected chi connectivity index (χ1v) is 6.32. The highest BCUT2D eigenvalue weighted by molar-refractivity contribution is 7.12. The number of nitrogens with one attached hydrogen (secondary N) is 2. The first-order chi connectivity index (χ1) is 8.95. The molecule has 2 amide bonds. The van der Waals surface area contributed by atoms with E-state index in [0.717, 1.165) is 0 Å². The summed E-state index contributed by atoms with van der Waals surface area (Å²) in [5.74, 6) is -2.42. The molecule has 0 saturated heterocycles. The molecule has 19 heavy (non-hydrogen) atoms. The number of carboxylic acids is 1. The summed E-state index contributed by atoms with van der Waals surface area (Å²) in [4.78, 5) is 34.4. The molecular formula is C11H14N2O5S. The minimum Gasteiger partial charge on any atom is -0.480 e. The monoisotopic (exact) mass is 286 g/mol. The van der Waals surface area contributed by atoms with Crippen LogP contribution in [-0.4, -0.2) is 46.7 Å². The Labute approximate surface area is 113 Å². The van der Waals surface area contributed by atoms with Crippen molar-refractivity contribution in [3.05, 3.63) is 22.4 Å². The van der Waals surface area contributed by atoms with E-state index < -0.39 is 36.5 Å². The molecule has 8 heteroatoms. The molecule has 0 aliphatic rings. The van der Waals surface area contributed by atoms with Gasteiger partial charge in [-0.3, -0.25) is 9.59 Å². The maximum Gasteiger partial charge on any atom is 0.328 e. The normalized spacial score (nSPS) is 13.4. The Morgan fingerprint density at radius 2 is 2.05 bits per heavy atom. The van der Waals surface area contributed by atoms with Crippen LogP contribution < -0.4 is 10.6 Å². The summed E-state index contributed by atoms with van der Waals surface area (Å²) < 4.78 is 0. The molecule has 7 nitrogen and oxygen atoms in total. The van der Waals surface area contributed by atoms with Crippen molar-refractivity contribution in [2.24, 2.45) is 0 Å². The zero-order chi connectivity index (χ0) is 14.4. The van der Waals surface area contributed by atoms with Crippen molar-refractivity contribution in [3.63, 3.8) is 0 Å². The van der Waals surface area contributed by atoms with E-state index in [0.29, 0.717) is 4.88 Å². The molecule has 0 bridgehead atoms. The average molecular weight is 286 g/mol. The molecule has 2 unspecified atom stereocenters. The van der Waals surface area contributed by atoms with Gasteiger partial charge in [0.2, 0.25) is 5.91 Å². The predicted molar refractivity (Wildman–Crippen MR) is 67.9 cm³/mol. The van der Waals surface area contributed by atoms with E-state index in [-0.39, 0.29) is 0 Å². The fourth-order valence-corrected chi connectivity index (χ4v) is 1.85. The van der Waals surface area contributed by atoms with Crippen LogP contribution >= 0.6 is 11.3 Å². The van der Waals surface area contributed by atoms with Crippen LogP contribution in [-0.2, 0) is 9.59 Å². The standard InChI is InChI=1S/C11H14N2O5S/c1-6(9(15)13-7(5-14)11(17)18)12-10(16)8-3-2-4-19-8/h2-4,6-7,14H,5H2,1H3,(H,12,16)(H,13,15)(H,17,18). The minimum atomic E-state index is -1.38. The van der Waals surface area contributed by atoms with Crippen LogP contribution in [0.1, 0.15) is 16.6 Å². The van der Waals surface area contributed by atoms with Crippen molar-refractivity contribution in [1.29, 1.82) is 0 Å². The first kappa shape index (κ1) is 15.1. The van der Waals surface area contributed by atoms with Gasteiger partial charge in [-0.05, 0) is 18.4 Å². The zero-order valence-corrected chi connectivity index (χ0v) is 10.9. The predicted octanol–water partition coefficient (Wildman–Crippen LogP) is -0.572. The Bertz CT molecular complexity index is 460. The van der Waals surface area contributed by atoms with Gasteiger partial charge < -0.3 is 20.8 Å². The second-order valence-electron chi connectivity index (χ2n) is 3.75. The van der Waals surface area contributed by atoms with Crippen molar-refractivity contribution in [1.82, 2.24) is 10.6 Å². The van der Waals surface area contributed by atoms with Gasteiger partial charge >= 0.3 is 5.97 Å². The Hall–Kier alpha value is -1.93. The van der Waals surface area contributed by atoms with Crippen LogP contribution in [0.4, 0.5) is 0 Å². The maximum atomic E-state index is 11.7. The van der Waals surface area contributed by atoms with E-state index in [2.05, 4.69) is 10.6 Å². The van der Waals surface area contributed by atoms with Crippen LogP contribution in [0.2, 0.25) is 0 Å². The molecule has 0 saturated carbocycles. The summed E-state index contributed by atoms with van der Waals surface area (Å²) in [5, 5.41) is 23.7. The molecule has 0 fully saturated rings. The molecule has 1 rings (SSSR count). The van der Waals surface area contributed by atoms with E-state index in [1.807, 2.05) is 0 Å². The molecule has 2 atom stereocenters. The first-order valence-electron chi connectivity index (χ1n) is 5.44. The average Bonchev–Trinajstić information content (AvgIpc) is 2.88. The smallest absolute Gasteiger partial charge is 0.328 e. The largest absolute Gasteiger partial charge is 0.480 e. The van der Waals surface area contributed by atoms with Crippen molar-refractivity contribution in [2.45, 2.75) is 19.0 Å². The molecule has 4 N–H and O–H groups in total. The third-order valence-electron chi connectivity index (χ3n) is 2.28. The number of rotatable bonds is 6. The summed E-state index contributed by atoms with van der Waals surface area (Å²) in [5.41, 5.74) is 0. The third-order valence-corrected chi connectivity index (χ3v) is 3.15. The zero-order valence-electron chi connectivity index (χ0n) is 10.1. The molecule has 0 aromatic carbocycles. The number of aliphatic hydroxyl groups excluding tert-OH is 1. The van der Waals surface area contributed by atoms with E-state index in [4.69, 9.17) is 10.2 Å². The lowest BCUT2D eigenvalue weighted by molar-refractivity contribution is -0.143. The van der Waals surface area contributed by atoms with Crippen LogP contribution in [0.3, 0.4) is 0 Å². The molecule has 0 spiro atoms. The fourth-order valence-electron chi connectivity index (χ4n) is 1.22. The van der Waals surface area contributed by atoms with Crippen molar-refractivity contribution >= 4 is 29.1 Å². The van der Waals surface area contributed by atoms with Gasteiger partial charge in [-0.2, -0.15) is 0 Å². The molecular weight excluding hydrogens is 272 g/mol. The highest BCUT2D eigenvalue weighted by atomic mass is 32.1. The number of hydrogen-bond donors (Lipinski definition) is 4. The quantitative estimate of drug-likeness (QED) is 0.559. The Morgan fingerprint density at radius 1 is 1.37 bits per heavy atom. The molecule has 0 aliphatic carbocycles. The number of hydrogen-bond acceptors (Lipinski definition) is 5. The topological polar surface area (TPSA) is 116 Å². The van der Waals surface area contributed by atoms with Gasteiger partial charge in [-0.1, -0.05) is 6.07 Å². The lowest BCUT2D eigenvalue weighted by Crippen LogP contribution is -2.51. The Balaban J connectivity index is 2.53. The lowest BCUT2D eigenvalue weighted by atomic mass is 10.2. The highest BCUT2D eigenvalue weighted by Gasteiger charge is 2.23. The fraction of sp³-hybridized carbons (Fsp3) is 0.364. The number of carbonyl (C=O) groups is 3. The Kier molecular flexibility index (Phi) is 5.46. The van der Waals surface area contributed by atoms with Crippen LogP contribution in [0.25, 0.3) is 0 Å². The summed E-state index contributed by atoms with van der Waals surface area (Å²) in [6, 6.07) is 1.03. The molecule has 104 valence electrons. The second kappa shape index (κ2) is 6.86. The van der Waals surface area contributed by atoms with E-state index in [9.17, 15) is 14.4 Å². The lowest BCUT2D eigenvalue weighted by Gasteiger charge is -2.16. The van der Waals surface area contributed by atoms with Crippen LogP contribution in [0.5, 0.6) is 0 Å². The molecule has 0 radical (unpaired) electrons. The number of carboxylic acid groups (broad SMARTS) is 1. The SMILES string of the molecule is CC(NC(=O)c1cccs1)C(=O)NC(CO)C(=O)O. The van der Waals surface area contributed by atoms with E-state index in [1.165, 1.54) is 18.3 Å². The van der Waals surface area contributed by atoms with Crippen molar-refractivity contribution in [2.75, 3.05) is 6.61 Å². The maximum absolute atomic E-state index is 11.7. The van der Waals surface area contributed by atoms with Gasteiger partial charge in [0.1, 0.15) is 12.1 Å². The molecule has 0 aliphatic heterocycles. The molecule has 1 heterocycles. The number of aliphatic hydroxyl groups is 1. The van der Waals surface area contributed by atoms with Crippen LogP contribution in [0.15, 0.2) is 17.5 Å². The van der Waals surface area contributed by atoms with Gasteiger partial charge in [-0.15, -0.1) is 11.3 Å². The Morgan fingerprint density at radius 3 is 2.53 bits per heavy atom. The van der Waals surface area contributed by atoms with Gasteiger partial charge in [0.15, 0.2) is 0 Å². The number of amides is 2. The number of carbonyl (C=O) groups excluding carboxylic acids is 2. The summed E-state index contributed by atoms with van der Waals surface area (Å²) in [7, 11) is 0. The van der Waals surface area contributed by atoms with E-state index >= 15 is 0 Å². The summed E-state index contributed by atoms with van der Waals surface area (Å²) in [6.45, 7) is 0.712. The van der Waals surface area contributed by atoms with Crippen molar-refractivity contribution < 1.29 is 24.6 Å². The highest BCUT2D eigenvalue weighted by Crippen LogP contribution is 2.08. The number of thiophene rings is 1. The van der Waals surface area contributed by atoms with Gasteiger partial charge in [0, 0.05) is 0 Å². The van der Waals surface area contributed by atoms with Gasteiger partial charge in [0.05, 0.1) is 11.5 Å². The van der Waals surface area contributed by atoms with Gasteiger partial charge in [0.25, 0.3) is 5.91 Å². The van der Waals surface area contributed by atoms with Gasteiger partial charge in [-0.25, -0.2) is 4.79 Å². The molecule has 1 aromatic rings. The minimum absolute atomic E-state index is 0.409.